The Morgan fingerprint density at radius 3 is 2.26 bits per heavy atom. The zero-order valence-electron chi connectivity index (χ0n) is 12.8. The quantitative estimate of drug-likeness (QED) is 0.570. The summed E-state index contributed by atoms with van der Waals surface area (Å²) >= 11 is -1.22. The first-order valence-electron chi connectivity index (χ1n) is 6.82. The molecule has 0 heterocycles. The summed E-state index contributed by atoms with van der Waals surface area (Å²) in [5.41, 5.74) is -0.247. The fourth-order valence-corrected chi connectivity index (χ4v) is 4.01. The molecule has 0 aliphatic heterocycles. The normalized spacial score (nSPS) is 11.5. The van der Waals surface area contributed by atoms with E-state index in [2.05, 4.69) is 0 Å². The molecule has 0 aromatic heterocycles. The molecule has 0 atom stereocenters. The van der Waals surface area contributed by atoms with Crippen LogP contribution in [0.15, 0.2) is 0 Å². The van der Waals surface area contributed by atoms with Gasteiger partial charge in [-0.15, -0.1) is 0 Å². The molecule has 0 rings (SSSR count). The van der Waals surface area contributed by atoms with Gasteiger partial charge < -0.3 is 0 Å². The summed E-state index contributed by atoms with van der Waals surface area (Å²) in [5, 5.41) is 0. The number of hydrogen-bond donors (Lipinski definition) is 0. The number of rotatable bonds is 10. The number of hydrogen-bond acceptors (Lipinski definition) is 4. The van der Waals surface area contributed by atoms with Crippen LogP contribution in [0.4, 0.5) is 0 Å². The summed E-state index contributed by atoms with van der Waals surface area (Å²) in [6.45, 7) is 11.1. The number of carbonyl (C=O) groups is 2. The third-order valence-electron chi connectivity index (χ3n) is 2.71. The van der Waals surface area contributed by atoms with E-state index in [1.54, 1.807) is 0 Å². The van der Waals surface area contributed by atoms with Crippen molar-refractivity contribution in [2.75, 3.05) is 19.8 Å². The van der Waals surface area contributed by atoms with Gasteiger partial charge in [-0.2, -0.15) is 0 Å². The first-order valence-corrected chi connectivity index (χ1v) is 9.98. The molecule has 5 heteroatoms. The van der Waals surface area contributed by atoms with Crippen LogP contribution in [0.25, 0.3) is 0 Å². The fourth-order valence-electron chi connectivity index (χ4n) is 1.19. The molecule has 0 fully saturated rings. The molecule has 0 amide bonds. The van der Waals surface area contributed by atoms with Gasteiger partial charge in [0, 0.05) is 0 Å². The van der Waals surface area contributed by atoms with Gasteiger partial charge in [0.25, 0.3) is 0 Å². The molecule has 109 valence electrons. The van der Waals surface area contributed by atoms with E-state index in [4.69, 9.17) is 6.79 Å². The van der Waals surface area contributed by atoms with Crippen molar-refractivity contribution in [2.24, 2.45) is 11.3 Å². The van der Waals surface area contributed by atoms with Crippen molar-refractivity contribution in [3.63, 3.8) is 0 Å². The van der Waals surface area contributed by atoms with Crippen LogP contribution in [0.3, 0.4) is 0 Å². The first-order chi connectivity index (χ1) is 8.75. The van der Waals surface area contributed by atoms with E-state index in [0.29, 0.717) is 29.5 Å². The molecular weight excluding hydrogens is 321 g/mol. The molecule has 0 aromatic rings. The van der Waals surface area contributed by atoms with Crippen molar-refractivity contribution >= 4 is 11.6 Å². The number of Topliss-reactive ketones (excluding diaryl/α,β-unsaturated/α-hetero) is 2. The fraction of sp³-hybridized carbons (Fsp3) is 0.857. The Kier molecular flexibility index (Phi) is 10.3. The van der Waals surface area contributed by atoms with Gasteiger partial charge in [-0.25, -0.2) is 0 Å². The second-order valence-electron chi connectivity index (χ2n) is 5.90. The summed E-state index contributed by atoms with van der Waals surface area (Å²) in [5.74, 6) is 0.602. The van der Waals surface area contributed by atoms with Crippen molar-refractivity contribution in [3.8, 4) is 0 Å². The van der Waals surface area contributed by atoms with Gasteiger partial charge in [0.05, 0.1) is 0 Å². The van der Waals surface area contributed by atoms with Crippen molar-refractivity contribution in [1.29, 1.82) is 0 Å². The van der Waals surface area contributed by atoms with Gasteiger partial charge in [-0.05, 0) is 0 Å². The molecule has 4 nitrogen and oxygen atoms in total. The van der Waals surface area contributed by atoms with Crippen LogP contribution in [-0.4, -0.2) is 31.4 Å². The average Bonchev–Trinajstić information content (AvgIpc) is 2.30. The Bertz CT molecular complexity index is 282. The van der Waals surface area contributed by atoms with E-state index < -0.39 is 29.7 Å². The topological polar surface area (TPSA) is 52.6 Å². The molecule has 0 aromatic carbocycles. The van der Waals surface area contributed by atoms with Crippen LogP contribution in [0, 0.1) is 11.3 Å². The first kappa shape index (κ1) is 19.4. The zero-order valence-corrected chi connectivity index (χ0v) is 15.7. The van der Waals surface area contributed by atoms with E-state index in [1.807, 2.05) is 34.6 Å². The van der Waals surface area contributed by atoms with Gasteiger partial charge in [0.2, 0.25) is 0 Å². The third-order valence-corrected chi connectivity index (χ3v) is 5.19. The number of ketones is 2. The van der Waals surface area contributed by atoms with Gasteiger partial charge in [-0.3, -0.25) is 0 Å². The van der Waals surface area contributed by atoms with Crippen molar-refractivity contribution in [3.05, 3.63) is 0 Å². The molecule has 0 saturated heterocycles. The predicted molar refractivity (Wildman–Crippen MR) is 70.5 cm³/mol. The van der Waals surface area contributed by atoms with Crippen LogP contribution >= 0.6 is 0 Å². The third kappa shape index (κ3) is 10.8. The molecule has 0 unspecified atom stereocenters. The monoisotopic (exact) mass is 347 g/mol. The Morgan fingerprint density at radius 2 is 1.74 bits per heavy atom. The SMILES string of the molecule is CC(C)C(=O)CCOCC[O][Y][CH2]C(=O)C(C)(C)C. The molecule has 0 aliphatic rings. The maximum absolute atomic E-state index is 11.6. The van der Waals surface area contributed by atoms with Gasteiger partial charge >= 0.3 is 133 Å². The van der Waals surface area contributed by atoms with Crippen LogP contribution in [0.5, 0.6) is 0 Å². The molecule has 0 spiro atoms. The van der Waals surface area contributed by atoms with Gasteiger partial charge in [0.15, 0.2) is 0 Å². The number of carbonyl (C=O) groups excluding carboxylic acids is 2. The van der Waals surface area contributed by atoms with Gasteiger partial charge in [0.1, 0.15) is 0 Å². The van der Waals surface area contributed by atoms with E-state index in [0.717, 1.165) is 0 Å². The Morgan fingerprint density at radius 1 is 1.11 bits per heavy atom. The molecule has 19 heavy (non-hydrogen) atoms. The summed E-state index contributed by atoms with van der Waals surface area (Å²) in [6, 6.07) is 0. The molecule has 0 N–H and O–H groups in total. The Hall–Kier alpha value is 0.364. The van der Waals surface area contributed by atoms with Crippen LogP contribution < -0.4 is 0 Å². The van der Waals surface area contributed by atoms with Crippen molar-refractivity contribution < 1.29 is 46.1 Å². The van der Waals surface area contributed by atoms with E-state index in [9.17, 15) is 9.59 Å². The van der Waals surface area contributed by atoms with Crippen LogP contribution in [0.1, 0.15) is 41.0 Å². The zero-order chi connectivity index (χ0) is 14.9. The molecule has 0 aliphatic carbocycles. The van der Waals surface area contributed by atoms with E-state index in [1.165, 1.54) is 0 Å². The molecule has 0 saturated carbocycles. The van der Waals surface area contributed by atoms with Crippen LogP contribution in [0.2, 0.25) is 3.23 Å². The van der Waals surface area contributed by atoms with E-state index in [-0.39, 0.29) is 22.9 Å². The summed E-state index contributed by atoms with van der Waals surface area (Å²) in [4.78, 5) is 22.9. The summed E-state index contributed by atoms with van der Waals surface area (Å²) in [6.07, 6.45) is 0.474. The minimum atomic E-state index is -1.22. The predicted octanol–water partition coefficient (Wildman–Crippen LogP) is 2.67. The maximum atomic E-state index is 11.6. The second-order valence-corrected chi connectivity index (χ2v) is 8.54. The standard InChI is InChI=1S/C8H15O3.C6H11O.Y/c1-7(2)8(10)3-5-11-6-4-9;1-5(7)6(2,3)4;/h7H,3-6H2,1-2H3;1H2,2-4H3;/q-1;;+1. The molecular formula is C14H26O4Y. The van der Waals surface area contributed by atoms with Crippen molar-refractivity contribution in [1.82, 2.24) is 0 Å². The molecule has 0 radical (unpaired) electrons. The Balaban J connectivity index is 3.38. The van der Waals surface area contributed by atoms with Crippen molar-refractivity contribution in [2.45, 2.75) is 44.3 Å². The minimum absolute atomic E-state index is 0.0818. The Labute approximate surface area is 132 Å². The average molecular weight is 347 g/mol. The van der Waals surface area contributed by atoms with E-state index >= 15 is 0 Å². The second kappa shape index (κ2) is 10.1. The molecule has 0 bridgehead atoms. The summed E-state index contributed by atoms with van der Waals surface area (Å²) < 4.78 is 11.5. The number of ether oxygens (including phenoxy) is 1. The van der Waals surface area contributed by atoms with Gasteiger partial charge in [-0.1, -0.05) is 0 Å². The van der Waals surface area contributed by atoms with Crippen LogP contribution in [-0.2, 0) is 46.1 Å². The summed E-state index contributed by atoms with van der Waals surface area (Å²) in [7, 11) is 0.